The Morgan fingerprint density at radius 2 is 1.96 bits per heavy atom. The topological polar surface area (TPSA) is 94.0 Å². The summed E-state index contributed by atoms with van der Waals surface area (Å²) in [6, 6.07) is 11.6. The minimum absolute atomic E-state index is 0.0632. The van der Waals surface area contributed by atoms with Crippen LogP contribution in [0.3, 0.4) is 0 Å². The number of nitrogens with zero attached hydrogens (tertiary/aromatic N) is 3. The molecule has 3 rings (SSSR count). The molecule has 1 unspecified atom stereocenters. The molecule has 1 aromatic carbocycles. The number of nitrogens with one attached hydrogen (secondary N) is 1. The van der Waals surface area contributed by atoms with Crippen LogP contribution in [0, 0.1) is 0 Å². The first-order chi connectivity index (χ1) is 12.8. The second kappa shape index (κ2) is 9.28. The van der Waals surface area contributed by atoms with Gasteiger partial charge in [0.1, 0.15) is 17.3 Å². The van der Waals surface area contributed by atoms with Gasteiger partial charge in [-0.25, -0.2) is 9.97 Å². The minimum atomic E-state index is -1.04. The van der Waals surface area contributed by atoms with E-state index in [0.29, 0.717) is 29.7 Å². The standard InChI is InChI=1S/C19H20N4O2S/c24-11-13-26(25)12-10-21-19-16-5-1-2-6-17(16)22-18(23-19)8-7-15-4-3-9-20-14-15/h1-9,14,24H,10-13H2,(H,21,22,23)/b8-7+. The summed E-state index contributed by atoms with van der Waals surface area (Å²) in [7, 11) is 0. The lowest BCUT2D eigenvalue weighted by Gasteiger charge is -2.12. The average Bonchev–Trinajstić information content (AvgIpc) is 2.67. The zero-order chi connectivity index (χ0) is 18.2. The van der Waals surface area contributed by atoms with E-state index in [9.17, 15) is 4.55 Å². The first kappa shape index (κ1) is 18.3. The Labute approximate surface area is 155 Å². The van der Waals surface area contributed by atoms with Crippen molar-refractivity contribution in [3.05, 3.63) is 60.2 Å². The molecule has 2 N–H and O–H groups in total. The maximum Gasteiger partial charge on any atom is 0.154 e. The van der Waals surface area contributed by atoms with Crippen LogP contribution in [0.1, 0.15) is 11.4 Å². The number of rotatable bonds is 8. The van der Waals surface area contributed by atoms with Crippen LogP contribution >= 0.6 is 0 Å². The molecule has 0 bridgehead atoms. The summed E-state index contributed by atoms with van der Waals surface area (Å²) in [5, 5.41) is 13.0. The second-order valence-electron chi connectivity index (χ2n) is 5.57. The molecule has 0 spiro atoms. The van der Waals surface area contributed by atoms with E-state index in [0.717, 1.165) is 16.5 Å². The molecular formula is C19H20N4O2S. The zero-order valence-corrected chi connectivity index (χ0v) is 15.0. The van der Waals surface area contributed by atoms with Crippen molar-refractivity contribution < 1.29 is 9.66 Å². The van der Waals surface area contributed by atoms with Crippen molar-refractivity contribution in [3.8, 4) is 0 Å². The number of benzene rings is 1. The Morgan fingerprint density at radius 3 is 2.77 bits per heavy atom. The molecule has 7 heteroatoms. The number of fused-ring (bicyclic) bond motifs is 1. The van der Waals surface area contributed by atoms with Gasteiger partial charge in [0.15, 0.2) is 5.82 Å². The van der Waals surface area contributed by atoms with E-state index in [1.54, 1.807) is 12.4 Å². The molecule has 3 aromatic rings. The number of hydrogen-bond donors (Lipinski definition) is 2. The molecule has 6 nitrogen and oxygen atoms in total. The summed E-state index contributed by atoms with van der Waals surface area (Å²) in [5.41, 5.74) is 1.81. The Bertz CT molecular complexity index is 874. The number of hydrogen-bond acceptors (Lipinski definition) is 6. The number of para-hydroxylation sites is 1. The molecule has 0 saturated carbocycles. The van der Waals surface area contributed by atoms with Crippen molar-refractivity contribution in [1.29, 1.82) is 0 Å². The Hall–Kier alpha value is -2.48. The molecule has 0 aliphatic heterocycles. The highest BCUT2D eigenvalue weighted by molar-refractivity contribution is 7.91. The van der Waals surface area contributed by atoms with E-state index in [2.05, 4.69) is 20.3 Å². The van der Waals surface area contributed by atoms with Crippen molar-refractivity contribution in [1.82, 2.24) is 15.0 Å². The first-order valence-electron chi connectivity index (χ1n) is 8.31. The third-order valence-electron chi connectivity index (χ3n) is 3.67. The summed E-state index contributed by atoms with van der Waals surface area (Å²) in [5.74, 6) is 2.05. The Kier molecular flexibility index (Phi) is 6.54. The maximum atomic E-state index is 11.7. The van der Waals surface area contributed by atoms with Crippen molar-refractivity contribution in [2.24, 2.45) is 0 Å². The predicted molar refractivity (Wildman–Crippen MR) is 106 cm³/mol. The molecule has 0 amide bonds. The fourth-order valence-electron chi connectivity index (χ4n) is 2.44. The van der Waals surface area contributed by atoms with Gasteiger partial charge in [0.2, 0.25) is 0 Å². The fourth-order valence-corrected chi connectivity index (χ4v) is 3.17. The van der Waals surface area contributed by atoms with Gasteiger partial charge in [-0.15, -0.1) is 0 Å². The lowest BCUT2D eigenvalue weighted by atomic mass is 10.2. The number of anilines is 1. The van der Waals surface area contributed by atoms with Crippen LogP contribution in [0.2, 0.25) is 0 Å². The van der Waals surface area contributed by atoms with Gasteiger partial charge in [0.25, 0.3) is 0 Å². The Balaban J connectivity index is 1.81. The van der Waals surface area contributed by atoms with Gasteiger partial charge in [-0.05, 0) is 47.1 Å². The van der Waals surface area contributed by atoms with E-state index in [-0.39, 0.29) is 6.61 Å². The molecule has 2 heterocycles. The lowest BCUT2D eigenvalue weighted by Crippen LogP contribution is -2.20. The van der Waals surface area contributed by atoms with Gasteiger partial charge in [-0.3, -0.25) is 4.98 Å². The summed E-state index contributed by atoms with van der Waals surface area (Å²) < 4.78 is 11.7. The van der Waals surface area contributed by atoms with E-state index in [4.69, 9.17) is 5.11 Å². The minimum Gasteiger partial charge on any atom is -0.616 e. The van der Waals surface area contributed by atoms with Gasteiger partial charge >= 0.3 is 0 Å². The van der Waals surface area contributed by atoms with E-state index >= 15 is 0 Å². The quantitative estimate of drug-likeness (QED) is 0.593. The van der Waals surface area contributed by atoms with Crippen LogP contribution in [-0.2, 0) is 11.2 Å². The molecule has 0 aliphatic rings. The molecular weight excluding hydrogens is 348 g/mol. The summed E-state index contributed by atoms with van der Waals surface area (Å²) >= 11 is -1.04. The Morgan fingerprint density at radius 1 is 1.08 bits per heavy atom. The molecule has 0 radical (unpaired) electrons. The predicted octanol–water partition coefficient (Wildman–Crippen LogP) is 2.35. The molecule has 0 saturated heterocycles. The van der Waals surface area contributed by atoms with Crippen molar-refractivity contribution in [2.45, 2.75) is 0 Å². The monoisotopic (exact) mass is 368 g/mol. The lowest BCUT2D eigenvalue weighted by molar-refractivity contribution is 0.319. The SMILES string of the molecule is [O-][S+](CCO)CCNc1nc(/C=C/c2cccnc2)nc2ccccc12. The smallest absolute Gasteiger partial charge is 0.154 e. The number of aliphatic hydroxyl groups is 1. The second-order valence-corrected chi connectivity index (χ2v) is 7.26. The van der Waals surface area contributed by atoms with Gasteiger partial charge in [-0.2, -0.15) is 0 Å². The molecule has 1 atom stereocenters. The average molecular weight is 368 g/mol. The van der Waals surface area contributed by atoms with Crippen LogP contribution in [0.15, 0.2) is 48.8 Å². The molecule has 0 fully saturated rings. The van der Waals surface area contributed by atoms with E-state index in [1.807, 2.05) is 48.6 Å². The highest BCUT2D eigenvalue weighted by Crippen LogP contribution is 2.20. The zero-order valence-electron chi connectivity index (χ0n) is 14.2. The van der Waals surface area contributed by atoms with E-state index < -0.39 is 11.2 Å². The van der Waals surface area contributed by atoms with Crippen LogP contribution < -0.4 is 5.32 Å². The number of aliphatic hydroxyl groups excluding tert-OH is 1. The summed E-state index contributed by atoms with van der Waals surface area (Å²) in [6.07, 6.45) is 7.26. The third kappa shape index (κ3) is 5.01. The van der Waals surface area contributed by atoms with Gasteiger partial charge < -0.3 is 15.0 Å². The molecule has 0 aliphatic carbocycles. The van der Waals surface area contributed by atoms with Crippen LogP contribution in [0.25, 0.3) is 23.1 Å². The first-order valence-corrected chi connectivity index (χ1v) is 9.79. The van der Waals surface area contributed by atoms with Crippen LogP contribution in [-0.4, -0.2) is 49.3 Å². The molecule has 134 valence electrons. The van der Waals surface area contributed by atoms with Crippen molar-refractivity contribution in [2.75, 3.05) is 30.0 Å². The van der Waals surface area contributed by atoms with Crippen LogP contribution in [0.5, 0.6) is 0 Å². The van der Waals surface area contributed by atoms with Crippen molar-refractivity contribution >= 4 is 40.0 Å². The fraction of sp³-hybridized carbons (Fsp3) is 0.211. The number of aromatic nitrogens is 3. The van der Waals surface area contributed by atoms with Crippen LogP contribution in [0.4, 0.5) is 5.82 Å². The highest BCUT2D eigenvalue weighted by atomic mass is 32.2. The van der Waals surface area contributed by atoms with Gasteiger partial charge in [0, 0.05) is 17.8 Å². The third-order valence-corrected chi connectivity index (χ3v) is 4.97. The molecule has 26 heavy (non-hydrogen) atoms. The highest BCUT2D eigenvalue weighted by Gasteiger charge is 2.08. The van der Waals surface area contributed by atoms with E-state index in [1.165, 1.54) is 0 Å². The molecule has 2 aromatic heterocycles. The number of pyridine rings is 1. The normalized spacial score (nSPS) is 12.5. The van der Waals surface area contributed by atoms with Gasteiger partial charge in [0.05, 0.1) is 18.7 Å². The van der Waals surface area contributed by atoms with Gasteiger partial charge in [-0.1, -0.05) is 18.2 Å². The maximum absolute atomic E-state index is 11.7. The summed E-state index contributed by atoms with van der Waals surface area (Å²) in [6.45, 7) is 0.450. The summed E-state index contributed by atoms with van der Waals surface area (Å²) in [4.78, 5) is 13.2. The largest absolute Gasteiger partial charge is 0.616 e. The van der Waals surface area contributed by atoms with Crippen molar-refractivity contribution in [3.63, 3.8) is 0 Å².